The van der Waals surface area contributed by atoms with Crippen molar-refractivity contribution >= 4 is 11.4 Å². The topological polar surface area (TPSA) is 80.8 Å². The number of hydrogen-bond donors (Lipinski definition) is 2. The summed E-state index contributed by atoms with van der Waals surface area (Å²) in [4.78, 5) is 2.22. The Hall–Kier alpha value is -2.73. The standard InChI is InChI=1S/C25H37N3O3/c1-7-20(26)25(28(3)15-18-11-12-18)17(2)9-8-10-21(27)24-22(30-5)13-19(16-29-4)14-23(24)31-6/h8-10,13-14,18,26H,7,11-12,15-16,27H2,1-6H3/b9-8-,21-10-,25-17-,26-20?. The quantitative estimate of drug-likeness (QED) is 0.372. The fraction of sp³-hybridized carbons (Fsp3) is 0.480. The number of allylic oxidation sites excluding steroid dienone is 5. The maximum Gasteiger partial charge on any atom is 0.132 e. The van der Waals surface area contributed by atoms with E-state index in [1.54, 1.807) is 21.3 Å². The Morgan fingerprint density at radius 2 is 1.81 bits per heavy atom. The molecule has 1 aliphatic rings. The van der Waals surface area contributed by atoms with E-state index in [2.05, 4.69) is 11.9 Å². The summed E-state index contributed by atoms with van der Waals surface area (Å²) in [6.45, 7) is 5.53. The normalized spacial score (nSPS) is 15.1. The van der Waals surface area contributed by atoms with Gasteiger partial charge in [0.05, 0.1) is 37.8 Å². The molecule has 6 heteroatoms. The van der Waals surface area contributed by atoms with E-state index in [4.69, 9.17) is 25.4 Å². The van der Waals surface area contributed by atoms with Gasteiger partial charge in [0, 0.05) is 26.4 Å². The SMILES string of the molecule is CCC(=N)/C(=C(C)/C=C\C=C(/N)c1c(OC)cc(COC)cc1OC)N(C)CC1CC1. The lowest BCUT2D eigenvalue weighted by Gasteiger charge is -2.24. The molecule has 3 N–H and O–H groups in total. The number of nitrogens with two attached hydrogens (primary N) is 1. The van der Waals surface area contributed by atoms with Crippen LogP contribution in [0, 0.1) is 11.3 Å². The zero-order chi connectivity index (χ0) is 23.0. The number of methoxy groups -OCH3 is 3. The van der Waals surface area contributed by atoms with Gasteiger partial charge < -0.3 is 30.3 Å². The summed E-state index contributed by atoms with van der Waals surface area (Å²) in [5.74, 6) is 2.04. The second-order valence-electron chi connectivity index (χ2n) is 7.98. The van der Waals surface area contributed by atoms with Crippen molar-refractivity contribution in [1.29, 1.82) is 5.41 Å². The first-order valence-electron chi connectivity index (χ1n) is 10.7. The average molecular weight is 428 g/mol. The Labute approximate surface area is 186 Å². The molecule has 170 valence electrons. The number of rotatable bonds is 12. The predicted molar refractivity (Wildman–Crippen MR) is 128 cm³/mol. The third-order valence-electron chi connectivity index (χ3n) is 5.41. The monoisotopic (exact) mass is 427 g/mol. The molecule has 1 aromatic carbocycles. The van der Waals surface area contributed by atoms with Crippen molar-refractivity contribution in [3.63, 3.8) is 0 Å². The van der Waals surface area contributed by atoms with Crippen molar-refractivity contribution < 1.29 is 14.2 Å². The van der Waals surface area contributed by atoms with Crippen LogP contribution in [0.2, 0.25) is 0 Å². The van der Waals surface area contributed by atoms with Gasteiger partial charge in [0.25, 0.3) is 0 Å². The molecular formula is C25H37N3O3. The highest BCUT2D eigenvalue weighted by atomic mass is 16.5. The number of nitrogens with zero attached hydrogens (tertiary/aromatic N) is 1. The average Bonchev–Trinajstić information content (AvgIpc) is 3.56. The lowest BCUT2D eigenvalue weighted by atomic mass is 10.0. The van der Waals surface area contributed by atoms with Crippen LogP contribution >= 0.6 is 0 Å². The van der Waals surface area contributed by atoms with E-state index in [9.17, 15) is 0 Å². The van der Waals surface area contributed by atoms with Crippen molar-refractivity contribution in [2.24, 2.45) is 11.7 Å². The van der Waals surface area contributed by atoms with Gasteiger partial charge >= 0.3 is 0 Å². The van der Waals surface area contributed by atoms with Crippen LogP contribution in [0.25, 0.3) is 5.70 Å². The molecule has 0 amide bonds. The number of hydrogen-bond acceptors (Lipinski definition) is 6. The summed E-state index contributed by atoms with van der Waals surface area (Å²) < 4.78 is 16.3. The first-order valence-corrected chi connectivity index (χ1v) is 10.7. The van der Waals surface area contributed by atoms with E-state index in [1.807, 2.05) is 44.2 Å². The zero-order valence-electron chi connectivity index (χ0n) is 19.7. The minimum atomic E-state index is 0.459. The lowest BCUT2D eigenvalue weighted by Crippen LogP contribution is -2.26. The molecule has 2 rings (SSSR count). The van der Waals surface area contributed by atoms with Crippen LogP contribution in [0.3, 0.4) is 0 Å². The van der Waals surface area contributed by atoms with Crippen LogP contribution in [0.15, 0.2) is 41.6 Å². The van der Waals surface area contributed by atoms with Crippen LogP contribution in [0.5, 0.6) is 11.5 Å². The van der Waals surface area contributed by atoms with E-state index in [0.29, 0.717) is 41.5 Å². The predicted octanol–water partition coefficient (Wildman–Crippen LogP) is 4.75. The van der Waals surface area contributed by atoms with Gasteiger partial charge in [-0.15, -0.1) is 0 Å². The summed E-state index contributed by atoms with van der Waals surface area (Å²) in [7, 11) is 6.96. The number of ether oxygens (including phenoxy) is 3. The third kappa shape index (κ3) is 6.62. The maximum atomic E-state index is 8.42. The van der Waals surface area contributed by atoms with E-state index < -0.39 is 0 Å². The molecule has 0 saturated heterocycles. The van der Waals surface area contributed by atoms with Gasteiger partial charge in [-0.05, 0) is 61.4 Å². The summed E-state index contributed by atoms with van der Waals surface area (Å²) in [6, 6.07) is 3.81. The van der Waals surface area contributed by atoms with Crippen molar-refractivity contribution in [1.82, 2.24) is 4.90 Å². The highest BCUT2D eigenvalue weighted by molar-refractivity contribution is 5.98. The Balaban J connectivity index is 2.33. The summed E-state index contributed by atoms with van der Waals surface area (Å²) in [6.07, 6.45) is 9.05. The van der Waals surface area contributed by atoms with Gasteiger partial charge in [0.15, 0.2) is 0 Å². The van der Waals surface area contributed by atoms with Crippen molar-refractivity contribution in [3.8, 4) is 11.5 Å². The smallest absolute Gasteiger partial charge is 0.132 e. The molecular weight excluding hydrogens is 390 g/mol. The fourth-order valence-electron chi connectivity index (χ4n) is 3.67. The maximum absolute atomic E-state index is 8.42. The van der Waals surface area contributed by atoms with Crippen molar-refractivity contribution in [3.05, 3.63) is 52.8 Å². The minimum absolute atomic E-state index is 0.459. The first-order chi connectivity index (χ1) is 14.9. The van der Waals surface area contributed by atoms with E-state index in [1.165, 1.54) is 12.8 Å². The van der Waals surface area contributed by atoms with Crippen molar-refractivity contribution in [2.45, 2.75) is 39.7 Å². The third-order valence-corrected chi connectivity index (χ3v) is 5.41. The highest BCUT2D eigenvalue weighted by Crippen LogP contribution is 2.35. The molecule has 1 aliphatic carbocycles. The molecule has 1 saturated carbocycles. The summed E-state index contributed by atoms with van der Waals surface area (Å²) in [5, 5.41) is 8.42. The molecule has 0 aliphatic heterocycles. The molecule has 0 spiro atoms. The fourth-order valence-corrected chi connectivity index (χ4v) is 3.67. The van der Waals surface area contributed by atoms with Gasteiger partial charge in [-0.3, -0.25) is 0 Å². The molecule has 1 fully saturated rings. The summed E-state index contributed by atoms with van der Waals surface area (Å²) >= 11 is 0. The number of nitrogens with one attached hydrogen (secondary N) is 1. The van der Waals surface area contributed by atoms with Gasteiger partial charge in [-0.25, -0.2) is 0 Å². The zero-order valence-corrected chi connectivity index (χ0v) is 19.7. The van der Waals surface area contributed by atoms with Crippen LogP contribution in [0.4, 0.5) is 0 Å². The molecule has 0 aromatic heterocycles. The Kier molecular flexibility index (Phi) is 9.19. The molecule has 31 heavy (non-hydrogen) atoms. The van der Waals surface area contributed by atoms with E-state index >= 15 is 0 Å². The second kappa shape index (κ2) is 11.6. The van der Waals surface area contributed by atoms with Gasteiger partial charge in [0.1, 0.15) is 11.5 Å². The van der Waals surface area contributed by atoms with Crippen LogP contribution in [-0.4, -0.2) is 45.5 Å². The Morgan fingerprint density at radius 1 is 1.19 bits per heavy atom. The molecule has 6 nitrogen and oxygen atoms in total. The molecule has 0 bridgehead atoms. The molecule has 0 heterocycles. The van der Waals surface area contributed by atoms with Crippen LogP contribution in [-0.2, 0) is 11.3 Å². The minimum Gasteiger partial charge on any atom is -0.496 e. The van der Waals surface area contributed by atoms with E-state index in [0.717, 1.165) is 29.3 Å². The largest absolute Gasteiger partial charge is 0.496 e. The van der Waals surface area contributed by atoms with Gasteiger partial charge in [-0.2, -0.15) is 0 Å². The molecule has 0 unspecified atom stereocenters. The Bertz CT molecular complexity index is 842. The van der Waals surface area contributed by atoms with Crippen molar-refractivity contribution in [2.75, 3.05) is 34.9 Å². The van der Waals surface area contributed by atoms with Gasteiger partial charge in [-0.1, -0.05) is 19.1 Å². The second-order valence-corrected chi connectivity index (χ2v) is 7.98. The molecule has 0 radical (unpaired) electrons. The summed E-state index contributed by atoms with van der Waals surface area (Å²) in [5.41, 5.74) is 11.3. The Morgan fingerprint density at radius 3 is 2.29 bits per heavy atom. The van der Waals surface area contributed by atoms with Crippen LogP contribution < -0.4 is 15.2 Å². The lowest BCUT2D eigenvalue weighted by molar-refractivity contribution is 0.184. The highest BCUT2D eigenvalue weighted by Gasteiger charge is 2.25. The first kappa shape index (κ1) is 24.5. The van der Waals surface area contributed by atoms with Crippen LogP contribution in [0.1, 0.15) is 44.2 Å². The molecule has 0 atom stereocenters. The molecule has 1 aromatic rings. The van der Waals surface area contributed by atoms with Gasteiger partial charge in [0.2, 0.25) is 0 Å². The van der Waals surface area contributed by atoms with E-state index in [-0.39, 0.29) is 0 Å². The number of benzene rings is 1.